The minimum atomic E-state index is -0.487. The van der Waals surface area contributed by atoms with Crippen LogP contribution in [0.5, 0.6) is 0 Å². The summed E-state index contributed by atoms with van der Waals surface area (Å²) in [5.74, 6) is -0.896. The molecule has 0 saturated carbocycles. The molecule has 3 N–H and O–H groups in total. The van der Waals surface area contributed by atoms with E-state index in [1.54, 1.807) is 12.1 Å². The molecule has 0 aliphatic rings. The van der Waals surface area contributed by atoms with Crippen LogP contribution in [0.3, 0.4) is 0 Å². The summed E-state index contributed by atoms with van der Waals surface area (Å²) in [7, 11) is 0. The zero-order valence-corrected chi connectivity index (χ0v) is 14.5. The number of ether oxygens (including phenoxy) is 2. The summed E-state index contributed by atoms with van der Waals surface area (Å²) in [5, 5.41) is 3.25. The molecule has 0 aliphatic carbocycles. The monoisotopic (exact) mass is 372 g/mol. The van der Waals surface area contributed by atoms with Crippen LogP contribution in [0, 0.1) is 0 Å². The number of nitrogens with two attached hydrogens (primary N) is 1. The van der Waals surface area contributed by atoms with Crippen LogP contribution in [-0.4, -0.2) is 31.2 Å². The van der Waals surface area contributed by atoms with Crippen LogP contribution in [0.1, 0.15) is 36.7 Å². The molecular weight excluding hydrogens is 352 g/mol. The van der Waals surface area contributed by atoms with Gasteiger partial charge in [-0.25, -0.2) is 4.79 Å². The largest absolute Gasteiger partial charge is 0.462 e. The molecule has 22 heavy (non-hydrogen) atoms. The van der Waals surface area contributed by atoms with Gasteiger partial charge in [0.15, 0.2) is 0 Å². The minimum Gasteiger partial charge on any atom is -0.462 e. The van der Waals surface area contributed by atoms with Crippen molar-refractivity contribution in [3.63, 3.8) is 0 Å². The zero-order valence-electron chi connectivity index (χ0n) is 12.9. The van der Waals surface area contributed by atoms with E-state index in [2.05, 4.69) is 21.2 Å². The maximum atomic E-state index is 12.0. The number of nitrogens with one attached hydrogen (secondary N) is 1. The average Bonchev–Trinajstić information content (AvgIpc) is 2.44. The summed E-state index contributed by atoms with van der Waals surface area (Å²) in [5.41, 5.74) is 7.79. The molecule has 0 atom stereocenters. The predicted molar refractivity (Wildman–Crippen MR) is 87.4 cm³/mol. The second kappa shape index (κ2) is 8.75. The van der Waals surface area contributed by atoms with Gasteiger partial charge in [0.1, 0.15) is 13.2 Å². The number of rotatable bonds is 7. The molecule has 0 fully saturated rings. The van der Waals surface area contributed by atoms with Gasteiger partial charge in [-0.1, -0.05) is 13.8 Å². The molecule has 6 nitrogen and oxygen atoms in total. The molecule has 1 rings (SSSR count). The average molecular weight is 373 g/mol. The Balaban J connectivity index is 2.73. The third kappa shape index (κ3) is 6.03. The molecule has 0 unspecified atom stereocenters. The lowest BCUT2D eigenvalue weighted by Crippen LogP contribution is -2.23. The number of carbonyl (C=O) groups excluding carboxylic acids is 2. The van der Waals surface area contributed by atoms with Gasteiger partial charge in [-0.05, 0) is 33.6 Å². The van der Waals surface area contributed by atoms with Crippen LogP contribution >= 0.6 is 15.9 Å². The third-order valence-electron chi connectivity index (χ3n) is 2.77. The molecule has 0 aliphatic heterocycles. The number of hydrogen-bond acceptors (Lipinski definition) is 6. The van der Waals surface area contributed by atoms with Crippen molar-refractivity contribution in [1.29, 1.82) is 0 Å². The Morgan fingerprint density at radius 3 is 2.50 bits per heavy atom. The van der Waals surface area contributed by atoms with Crippen molar-refractivity contribution < 1.29 is 19.1 Å². The fourth-order valence-corrected chi connectivity index (χ4v) is 2.16. The molecule has 0 bridgehead atoms. The lowest BCUT2D eigenvalue weighted by Gasteiger charge is -2.13. The highest BCUT2D eigenvalue weighted by atomic mass is 79.9. The highest BCUT2D eigenvalue weighted by molar-refractivity contribution is 9.10. The number of hydrogen-bond donors (Lipinski definition) is 2. The van der Waals surface area contributed by atoms with E-state index in [-0.39, 0.29) is 13.2 Å². The summed E-state index contributed by atoms with van der Waals surface area (Å²) in [6.07, 6.45) is 0. The first-order valence-corrected chi connectivity index (χ1v) is 7.72. The van der Waals surface area contributed by atoms with Gasteiger partial charge in [-0.3, -0.25) is 4.79 Å². The van der Waals surface area contributed by atoms with E-state index in [0.717, 1.165) is 5.56 Å². The first-order valence-electron chi connectivity index (χ1n) is 6.93. The van der Waals surface area contributed by atoms with E-state index in [4.69, 9.17) is 15.2 Å². The van der Waals surface area contributed by atoms with Gasteiger partial charge in [0.25, 0.3) is 0 Å². The van der Waals surface area contributed by atoms with Gasteiger partial charge in [0, 0.05) is 24.0 Å². The highest BCUT2D eigenvalue weighted by Crippen LogP contribution is 2.26. The molecule has 1 aromatic carbocycles. The van der Waals surface area contributed by atoms with Crippen molar-refractivity contribution in [3.05, 3.63) is 27.7 Å². The fraction of sp³-hybridized carbons (Fsp3) is 0.467. The molecule has 0 radical (unpaired) electrons. The SMILES string of the molecule is CC(=O)OCCOC(=O)c1cc(Br)c(N)c(CNC(C)C)c1. The Kier molecular flexibility index (Phi) is 7.34. The first-order chi connectivity index (χ1) is 10.3. The number of esters is 2. The van der Waals surface area contributed by atoms with E-state index in [9.17, 15) is 9.59 Å². The Bertz CT molecular complexity index is 547. The molecule has 0 spiro atoms. The maximum absolute atomic E-state index is 12.0. The van der Waals surface area contributed by atoms with E-state index in [1.165, 1.54) is 6.92 Å². The van der Waals surface area contributed by atoms with E-state index in [1.807, 2.05) is 13.8 Å². The standard InChI is InChI=1S/C15H21BrN2O4/c1-9(2)18-8-12-6-11(7-13(16)14(12)17)15(20)22-5-4-21-10(3)19/h6-7,9,18H,4-5,8,17H2,1-3H3. The molecule has 7 heteroatoms. The van der Waals surface area contributed by atoms with Gasteiger partial charge in [0.05, 0.1) is 11.3 Å². The fourth-order valence-electron chi connectivity index (χ4n) is 1.66. The van der Waals surface area contributed by atoms with Crippen molar-refractivity contribution >= 4 is 33.6 Å². The van der Waals surface area contributed by atoms with Crippen LogP contribution in [0.15, 0.2) is 16.6 Å². The molecule has 122 valence electrons. The lowest BCUT2D eigenvalue weighted by atomic mass is 10.1. The maximum Gasteiger partial charge on any atom is 0.338 e. The van der Waals surface area contributed by atoms with E-state index < -0.39 is 11.9 Å². The van der Waals surface area contributed by atoms with Gasteiger partial charge in [-0.15, -0.1) is 0 Å². The van der Waals surface area contributed by atoms with E-state index in [0.29, 0.717) is 28.3 Å². The second-order valence-corrected chi connectivity index (χ2v) is 5.90. The Morgan fingerprint density at radius 1 is 1.27 bits per heavy atom. The van der Waals surface area contributed by atoms with E-state index >= 15 is 0 Å². The quantitative estimate of drug-likeness (QED) is 0.433. The Morgan fingerprint density at radius 2 is 1.91 bits per heavy atom. The summed E-state index contributed by atoms with van der Waals surface area (Å²) < 4.78 is 10.4. The Hall–Kier alpha value is -1.60. The van der Waals surface area contributed by atoms with Gasteiger partial charge in [-0.2, -0.15) is 0 Å². The van der Waals surface area contributed by atoms with Crippen LogP contribution in [-0.2, 0) is 20.8 Å². The van der Waals surface area contributed by atoms with Crippen LogP contribution < -0.4 is 11.1 Å². The smallest absolute Gasteiger partial charge is 0.338 e. The number of carbonyl (C=O) groups is 2. The van der Waals surface area contributed by atoms with Gasteiger partial charge >= 0.3 is 11.9 Å². The highest BCUT2D eigenvalue weighted by Gasteiger charge is 2.13. The van der Waals surface area contributed by atoms with Crippen molar-refractivity contribution in [2.45, 2.75) is 33.4 Å². The summed E-state index contributed by atoms with van der Waals surface area (Å²) in [6, 6.07) is 3.61. The number of benzene rings is 1. The zero-order chi connectivity index (χ0) is 16.7. The van der Waals surface area contributed by atoms with Crippen LogP contribution in [0.25, 0.3) is 0 Å². The minimum absolute atomic E-state index is 0.0139. The molecule has 0 saturated heterocycles. The predicted octanol–water partition coefficient (Wildman–Crippen LogP) is 2.25. The molecule has 0 heterocycles. The van der Waals surface area contributed by atoms with Crippen molar-refractivity contribution in [2.75, 3.05) is 18.9 Å². The first kappa shape index (κ1) is 18.4. The molecule has 0 aromatic heterocycles. The van der Waals surface area contributed by atoms with Gasteiger partial charge in [0.2, 0.25) is 0 Å². The van der Waals surface area contributed by atoms with Crippen molar-refractivity contribution in [1.82, 2.24) is 5.32 Å². The van der Waals surface area contributed by atoms with Crippen LogP contribution in [0.4, 0.5) is 5.69 Å². The normalized spacial score (nSPS) is 10.6. The summed E-state index contributed by atoms with van der Waals surface area (Å²) >= 11 is 3.34. The molecular formula is C15H21BrN2O4. The molecule has 1 aromatic rings. The van der Waals surface area contributed by atoms with Gasteiger partial charge < -0.3 is 20.5 Å². The lowest BCUT2D eigenvalue weighted by molar-refractivity contribution is -0.142. The number of nitrogen functional groups attached to an aromatic ring is 1. The second-order valence-electron chi connectivity index (χ2n) is 5.04. The number of anilines is 1. The van der Waals surface area contributed by atoms with Crippen molar-refractivity contribution in [2.24, 2.45) is 0 Å². The topological polar surface area (TPSA) is 90.7 Å². The summed E-state index contributed by atoms with van der Waals surface area (Å²) in [6.45, 7) is 5.96. The Labute approximate surface area is 138 Å². The summed E-state index contributed by atoms with van der Waals surface area (Å²) in [4.78, 5) is 22.6. The molecule has 0 amide bonds. The number of halogens is 1. The van der Waals surface area contributed by atoms with Crippen molar-refractivity contribution in [3.8, 4) is 0 Å². The third-order valence-corrected chi connectivity index (χ3v) is 3.43. The van der Waals surface area contributed by atoms with Crippen LogP contribution in [0.2, 0.25) is 0 Å².